The van der Waals surface area contributed by atoms with Gasteiger partial charge in [0.05, 0.1) is 0 Å². The lowest BCUT2D eigenvalue weighted by atomic mass is 11.0. The minimum atomic E-state index is -3.81. The third-order valence-electron chi connectivity index (χ3n) is 1.87. The van der Waals surface area contributed by atoms with Crippen LogP contribution in [0.2, 0.25) is 0 Å². The molecule has 1 aliphatic heterocycles. The van der Waals surface area contributed by atoms with Crippen molar-refractivity contribution in [1.82, 2.24) is 4.41 Å². The van der Waals surface area contributed by atoms with Gasteiger partial charge >= 0.3 is 0 Å². The second-order valence-electron chi connectivity index (χ2n) is 3.14. The predicted molar refractivity (Wildman–Crippen MR) is 70.2 cm³/mol. The molecule has 0 radical (unpaired) electrons. The second-order valence-corrected chi connectivity index (χ2v) is 10.5. The van der Waals surface area contributed by atoms with Crippen LogP contribution in [-0.4, -0.2) is 40.9 Å². The lowest BCUT2D eigenvalue weighted by Crippen LogP contribution is -2.29. The quantitative estimate of drug-likeness (QED) is 0.720. The number of hydrogen-bond acceptors (Lipinski definition) is 6. The predicted octanol–water partition coefficient (Wildman–Crippen LogP) is 1.18. The van der Waals surface area contributed by atoms with Gasteiger partial charge in [-0.25, -0.2) is 16.8 Å². The number of sulfonamides is 1. The highest BCUT2D eigenvalue weighted by atomic mass is 35.5. The summed E-state index contributed by atoms with van der Waals surface area (Å²) in [5.74, 6) is -0.114. The molecule has 1 rings (SSSR count). The first kappa shape index (κ1) is 15.4. The van der Waals surface area contributed by atoms with Crippen molar-refractivity contribution in [3.63, 3.8) is 0 Å². The Morgan fingerprint density at radius 1 is 1.24 bits per heavy atom. The van der Waals surface area contributed by atoms with Crippen LogP contribution in [0, 0.1) is 0 Å². The molecule has 0 fully saturated rings. The second kappa shape index (κ2) is 5.12. The zero-order chi connectivity index (χ0) is 13.4. The fourth-order valence-corrected chi connectivity index (χ4v) is 5.08. The van der Waals surface area contributed by atoms with Gasteiger partial charge < -0.3 is 0 Å². The SMILES string of the molecule is CC(Cl)S(=O)(=O)C1=NN(S(=O)(=O)C(C)Cl)CS1. The number of alkyl halides is 2. The minimum absolute atomic E-state index is 0.114. The standard InChI is InChI=1S/C6H10Cl2N2O4S3/c1-4(7)16(11,12)6-9-10(3-15-6)17(13,14)5(2)8/h4-5H,3H2,1-2H3. The van der Waals surface area contributed by atoms with Crippen LogP contribution in [0.15, 0.2) is 5.10 Å². The summed E-state index contributed by atoms with van der Waals surface area (Å²) in [6.45, 7) is 2.55. The van der Waals surface area contributed by atoms with E-state index in [1.165, 1.54) is 13.8 Å². The first-order valence-electron chi connectivity index (χ1n) is 4.35. The third-order valence-corrected chi connectivity index (χ3v) is 8.20. The van der Waals surface area contributed by atoms with Crippen molar-refractivity contribution in [2.24, 2.45) is 5.10 Å². The van der Waals surface area contributed by atoms with Gasteiger partial charge in [0.1, 0.15) is 10.6 Å². The van der Waals surface area contributed by atoms with Crippen LogP contribution in [0.5, 0.6) is 0 Å². The van der Waals surface area contributed by atoms with Crippen molar-refractivity contribution in [2.75, 3.05) is 5.88 Å². The van der Waals surface area contributed by atoms with E-state index in [1.54, 1.807) is 0 Å². The molecule has 0 aromatic rings. The van der Waals surface area contributed by atoms with E-state index < -0.39 is 29.3 Å². The van der Waals surface area contributed by atoms with E-state index in [0.29, 0.717) is 4.41 Å². The van der Waals surface area contributed by atoms with Gasteiger partial charge in [0, 0.05) is 0 Å². The molecule has 2 atom stereocenters. The number of hydrazone groups is 1. The van der Waals surface area contributed by atoms with Crippen molar-refractivity contribution in [3.05, 3.63) is 0 Å². The molecule has 0 saturated heterocycles. The van der Waals surface area contributed by atoms with Crippen LogP contribution in [0.3, 0.4) is 0 Å². The zero-order valence-corrected chi connectivity index (χ0v) is 12.8. The van der Waals surface area contributed by atoms with Crippen LogP contribution < -0.4 is 0 Å². The van der Waals surface area contributed by atoms with E-state index in [4.69, 9.17) is 23.2 Å². The number of nitrogens with zero attached hydrogens (tertiary/aromatic N) is 2. The maximum absolute atomic E-state index is 11.6. The molecule has 0 aliphatic carbocycles. The van der Waals surface area contributed by atoms with Gasteiger partial charge in [0.15, 0.2) is 4.71 Å². The Morgan fingerprint density at radius 3 is 2.18 bits per heavy atom. The highest BCUT2D eigenvalue weighted by Gasteiger charge is 2.36. The Hall–Kier alpha value is 0.300. The number of hydrogen-bond donors (Lipinski definition) is 0. The van der Waals surface area contributed by atoms with Crippen molar-refractivity contribution in [3.8, 4) is 0 Å². The van der Waals surface area contributed by atoms with Gasteiger partial charge in [-0.1, -0.05) is 11.8 Å². The van der Waals surface area contributed by atoms with Gasteiger partial charge in [-0.05, 0) is 13.8 Å². The zero-order valence-electron chi connectivity index (χ0n) is 8.87. The minimum Gasteiger partial charge on any atom is -0.220 e. The fourth-order valence-electron chi connectivity index (χ4n) is 0.835. The smallest absolute Gasteiger partial charge is 0.220 e. The molecule has 0 amide bonds. The summed E-state index contributed by atoms with van der Waals surface area (Å²) in [7, 11) is -7.58. The Labute approximate surface area is 114 Å². The fraction of sp³-hybridized carbons (Fsp3) is 0.833. The van der Waals surface area contributed by atoms with E-state index in [-0.39, 0.29) is 10.3 Å². The highest BCUT2D eigenvalue weighted by Crippen LogP contribution is 2.28. The highest BCUT2D eigenvalue weighted by molar-refractivity contribution is 8.36. The number of sulfone groups is 1. The molecule has 0 N–H and O–H groups in total. The Bertz CT molecular complexity index is 525. The van der Waals surface area contributed by atoms with Crippen molar-refractivity contribution in [2.45, 2.75) is 23.3 Å². The van der Waals surface area contributed by atoms with E-state index in [1.807, 2.05) is 0 Å². The van der Waals surface area contributed by atoms with Crippen molar-refractivity contribution < 1.29 is 16.8 Å². The number of rotatable bonds is 3. The summed E-state index contributed by atoms with van der Waals surface area (Å²) in [5, 5.41) is 3.54. The summed E-state index contributed by atoms with van der Waals surface area (Å²) in [6, 6.07) is 0. The largest absolute Gasteiger partial charge is 0.267 e. The lowest BCUT2D eigenvalue weighted by Gasteiger charge is -2.14. The van der Waals surface area contributed by atoms with E-state index >= 15 is 0 Å². The van der Waals surface area contributed by atoms with Crippen molar-refractivity contribution in [1.29, 1.82) is 0 Å². The van der Waals surface area contributed by atoms with E-state index in [0.717, 1.165) is 11.8 Å². The lowest BCUT2D eigenvalue weighted by molar-refractivity contribution is 0.483. The summed E-state index contributed by atoms with van der Waals surface area (Å²) < 4.78 is 44.5. The Balaban J connectivity index is 3.07. The van der Waals surface area contributed by atoms with E-state index in [9.17, 15) is 16.8 Å². The van der Waals surface area contributed by atoms with Crippen LogP contribution in [0.4, 0.5) is 0 Å². The van der Waals surface area contributed by atoms with Gasteiger partial charge in [0.25, 0.3) is 10.0 Å². The molecule has 100 valence electrons. The number of halogens is 2. The molecule has 0 aromatic carbocycles. The molecule has 1 aliphatic rings. The molecule has 2 unspecified atom stereocenters. The number of thioether (sulfide) groups is 1. The molecule has 0 bridgehead atoms. The monoisotopic (exact) mass is 340 g/mol. The molecular weight excluding hydrogens is 331 g/mol. The Kier molecular flexibility index (Phi) is 4.63. The third kappa shape index (κ3) is 3.01. The van der Waals surface area contributed by atoms with Gasteiger partial charge in [-0.15, -0.1) is 28.3 Å². The normalized spacial score (nSPS) is 21.2. The van der Waals surface area contributed by atoms with Crippen LogP contribution in [0.1, 0.15) is 13.8 Å². The van der Waals surface area contributed by atoms with Crippen molar-refractivity contribution >= 4 is 59.2 Å². The summed E-state index contributed by atoms with van der Waals surface area (Å²) >= 11 is 11.8. The maximum atomic E-state index is 11.6. The van der Waals surface area contributed by atoms with Gasteiger partial charge in [-0.2, -0.15) is 4.41 Å². The Morgan fingerprint density at radius 2 is 1.76 bits per heavy atom. The molecule has 0 saturated carbocycles. The first-order chi connectivity index (χ1) is 7.60. The molecular formula is C6H10Cl2N2O4S3. The summed E-state index contributed by atoms with van der Waals surface area (Å²) in [5.41, 5.74) is 0. The van der Waals surface area contributed by atoms with E-state index in [2.05, 4.69) is 5.10 Å². The first-order valence-corrected chi connectivity index (χ1v) is 9.26. The molecule has 0 spiro atoms. The molecule has 1 heterocycles. The maximum Gasteiger partial charge on any atom is 0.267 e. The average molecular weight is 341 g/mol. The van der Waals surface area contributed by atoms with Gasteiger partial charge in [-0.3, -0.25) is 0 Å². The topological polar surface area (TPSA) is 83.9 Å². The average Bonchev–Trinajstić information content (AvgIpc) is 2.66. The van der Waals surface area contributed by atoms with Crippen LogP contribution >= 0.6 is 35.0 Å². The van der Waals surface area contributed by atoms with Gasteiger partial charge in [0.2, 0.25) is 14.2 Å². The van der Waals surface area contributed by atoms with Crippen LogP contribution in [-0.2, 0) is 19.9 Å². The molecule has 6 nitrogen and oxygen atoms in total. The molecule has 17 heavy (non-hydrogen) atoms. The summed E-state index contributed by atoms with van der Waals surface area (Å²) in [4.78, 5) is 0. The molecule has 0 aromatic heterocycles. The van der Waals surface area contributed by atoms with Crippen LogP contribution in [0.25, 0.3) is 0 Å². The summed E-state index contributed by atoms with van der Waals surface area (Å²) in [6.07, 6.45) is 0. The molecule has 11 heteroatoms.